The number of amidine groups is 1. The Balaban J connectivity index is 1.42. The summed E-state index contributed by atoms with van der Waals surface area (Å²) in [7, 11) is 1.69. The number of fused-ring (bicyclic) bond motifs is 1. The van der Waals surface area contributed by atoms with Gasteiger partial charge >= 0.3 is 0 Å². The van der Waals surface area contributed by atoms with Crippen LogP contribution >= 0.6 is 0 Å². The lowest BCUT2D eigenvalue weighted by Crippen LogP contribution is -2.36. The number of methoxy groups -OCH3 is 1. The number of aromatic nitrogens is 2. The largest absolute Gasteiger partial charge is 0.495 e. The molecular formula is C25H25FN4O. The molecule has 0 spiro atoms. The number of benzene rings is 2. The van der Waals surface area contributed by atoms with E-state index in [4.69, 9.17) is 9.73 Å². The van der Waals surface area contributed by atoms with Gasteiger partial charge in [-0.3, -0.25) is 4.99 Å². The normalized spacial score (nSPS) is 19.5. The van der Waals surface area contributed by atoms with Gasteiger partial charge in [-0.2, -0.15) is 0 Å². The second-order valence-corrected chi connectivity index (χ2v) is 8.05. The quantitative estimate of drug-likeness (QED) is 0.604. The van der Waals surface area contributed by atoms with Gasteiger partial charge in [-0.25, -0.2) is 9.37 Å². The molecule has 1 saturated heterocycles. The van der Waals surface area contributed by atoms with Crippen LogP contribution in [0.15, 0.2) is 65.6 Å². The average molecular weight is 417 g/mol. The Morgan fingerprint density at radius 1 is 1.16 bits per heavy atom. The van der Waals surface area contributed by atoms with Crippen molar-refractivity contribution in [2.45, 2.75) is 25.8 Å². The molecule has 0 saturated carbocycles. The van der Waals surface area contributed by atoms with E-state index in [0.717, 1.165) is 53.5 Å². The van der Waals surface area contributed by atoms with Gasteiger partial charge in [0.1, 0.15) is 17.4 Å². The van der Waals surface area contributed by atoms with Gasteiger partial charge in [0, 0.05) is 12.7 Å². The van der Waals surface area contributed by atoms with Crippen molar-refractivity contribution in [3.8, 4) is 11.4 Å². The number of piperidine rings is 1. The molecule has 2 aliphatic heterocycles. The van der Waals surface area contributed by atoms with Crippen molar-refractivity contribution in [3.05, 3.63) is 83.2 Å². The Kier molecular flexibility index (Phi) is 5.06. The van der Waals surface area contributed by atoms with Crippen LogP contribution in [-0.2, 0) is 0 Å². The van der Waals surface area contributed by atoms with Gasteiger partial charge in [-0.1, -0.05) is 18.2 Å². The Morgan fingerprint density at radius 2 is 2.00 bits per heavy atom. The third-order valence-electron chi connectivity index (χ3n) is 5.98. The number of nitrogens with zero attached hydrogens (tertiary/aromatic N) is 4. The molecule has 2 aromatic carbocycles. The van der Waals surface area contributed by atoms with Crippen molar-refractivity contribution >= 4 is 11.9 Å². The minimum Gasteiger partial charge on any atom is -0.495 e. The van der Waals surface area contributed by atoms with E-state index in [2.05, 4.69) is 34.2 Å². The van der Waals surface area contributed by atoms with Gasteiger partial charge in [0.15, 0.2) is 0 Å². The maximum atomic E-state index is 13.3. The lowest BCUT2D eigenvalue weighted by molar-refractivity contribution is 0.333. The third-order valence-corrected chi connectivity index (χ3v) is 5.98. The van der Waals surface area contributed by atoms with E-state index >= 15 is 0 Å². The molecule has 0 amide bonds. The highest BCUT2D eigenvalue weighted by Crippen LogP contribution is 2.35. The number of ether oxygens (including phenoxy) is 1. The molecular weight excluding hydrogens is 391 g/mol. The number of aliphatic imine (C=N–C) groups is 1. The van der Waals surface area contributed by atoms with Crippen LogP contribution in [0.2, 0.25) is 0 Å². The maximum absolute atomic E-state index is 13.3. The molecule has 1 unspecified atom stereocenters. The number of hydrogen-bond acceptors (Lipinski definition) is 4. The summed E-state index contributed by atoms with van der Waals surface area (Å²) in [6.07, 6.45) is 8.07. The predicted molar refractivity (Wildman–Crippen MR) is 120 cm³/mol. The van der Waals surface area contributed by atoms with Gasteiger partial charge in [0.05, 0.1) is 37.4 Å². The fraction of sp³-hybridized carbons (Fsp3) is 0.280. The number of imidazole rings is 1. The van der Waals surface area contributed by atoms with E-state index in [1.165, 1.54) is 17.7 Å². The van der Waals surface area contributed by atoms with Crippen molar-refractivity contribution in [1.29, 1.82) is 0 Å². The highest BCUT2D eigenvalue weighted by molar-refractivity contribution is 6.04. The highest BCUT2D eigenvalue weighted by atomic mass is 19.1. The topological polar surface area (TPSA) is 42.6 Å². The van der Waals surface area contributed by atoms with Gasteiger partial charge in [0.2, 0.25) is 0 Å². The Bertz CT molecular complexity index is 1160. The molecule has 0 aliphatic carbocycles. The summed E-state index contributed by atoms with van der Waals surface area (Å²) in [6.45, 7) is 3.65. The molecule has 158 valence electrons. The zero-order valence-corrected chi connectivity index (χ0v) is 17.8. The molecule has 31 heavy (non-hydrogen) atoms. The molecule has 5 rings (SSSR count). The summed E-state index contributed by atoms with van der Waals surface area (Å²) >= 11 is 0. The molecule has 6 heteroatoms. The van der Waals surface area contributed by atoms with Crippen molar-refractivity contribution in [2.75, 3.05) is 20.2 Å². The molecule has 3 heterocycles. The van der Waals surface area contributed by atoms with Gasteiger partial charge in [-0.05, 0) is 66.8 Å². The molecule has 0 radical (unpaired) electrons. The first-order valence-electron chi connectivity index (χ1n) is 10.6. The van der Waals surface area contributed by atoms with E-state index in [0.29, 0.717) is 6.54 Å². The van der Waals surface area contributed by atoms with Gasteiger partial charge < -0.3 is 14.2 Å². The van der Waals surface area contributed by atoms with Crippen LogP contribution in [0.4, 0.5) is 4.39 Å². The van der Waals surface area contributed by atoms with Crippen LogP contribution in [0.3, 0.4) is 0 Å². The third kappa shape index (κ3) is 3.74. The Morgan fingerprint density at radius 3 is 2.74 bits per heavy atom. The molecule has 1 aromatic heterocycles. The maximum Gasteiger partial charge on any atom is 0.143 e. The van der Waals surface area contributed by atoms with Gasteiger partial charge in [0.25, 0.3) is 0 Å². The van der Waals surface area contributed by atoms with Crippen molar-refractivity contribution < 1.29 is 9.13 Å². The smallest absolute Gasteiger partial charge is 0.143 e. The summed E-state index contributed by atoms with van der Waals surface area (Å²) in [5, 5.41) is 0. The number of hydrogen-bond donors (Lipinski definition) is 0. The monoisotopic (exact) mass is 416 g/mol. The minimum atomic E-state index is -0.203. The predicted octanol–water partition coefficient (Wildman–Crippen LogP) is 4.96. The van der Waals surface area contributed by atoms with Gasteiger partial charge in [-0.15, -0.1) is 0 Å². The van der Waals surface area contributed by atoms with Crippen LogP contribution in [-0.4, -0.2) is 40.5 Å². The fourth-order valence-corrected chi connectivity index (χ4v) is 4.47. The van der Waals surface area contributed by atoms with E-state index < -0.39 is 0 Å². The van der Waals surface area contributed by atoms with Crippen LogP contribution in [0.1, 0.15) is 35.7 Å². The summed E-state index contributed by atoms with van der Waals surface area (Å²) in [4.78, 5) is 11.5. The second-order valence-electron chi connectivity index (χ2n) is 8.05. The van der Waals surface area contributed by atoms with Crippen LogP contribution in [0.5, 0.6) is 5.75 Å². The lowest BCUT2D eigenvalue weighted by atomic mass is 9.98. The molecule has 3 aromatic rings. The first-order chi connectivity index (χ1) is 15.1. The van der Waals surface area contributed by atoms with E-state index in [1.807, 2.05) is 29.8 Å². The second kappa shape index (κ2) is 8.02. The summed E-state index contributed by atoms with van der Waals surface area (Å²) in [6, 6.07) is 13.2. The zero-order chi connectivity index (χ0) is 21.4. The molecule has 1 fully saturated rings. The number of rotatable bonds is 4. The number of halogens is 1. The highest BCUT2D eigenvalue weighted by Gasteiger charge is 2.33. The first kappa shape index (κ1) is 19.5. The molecule has 1 atom stereocenters. The first-order valence-corrected chi connectivity index (χ1v) is 10.6. The number of aryl methyl sites for hydroxylation is 1. The summed E-state index contributed by atoms with van der Waals surface area (Å²) in [5.74, 6) is 1.66. The van der Waals surface area contributed by atoms with Crippen molar-refractivity contribution in [1.82, 2.24) is 14.5 Å². The molecule has 5 nitrogen and oxygen atoms in total. The van der Waals surface area contributed by atoms with Crippen LogP contribution in [0.25, 0.3) is 11.8 Å². The standard InChI is InChI=1S/C25H25FN4O/c1-17-15-29(16-28-17)22-10-5-18(13-24(22)31-2)12-20-4-3-11-30-23(14-27-25(20)30)19-6-8-21(26)9-7-19/h5-10,12-13,15-16,23H,3-4,11,14H2,1-2H3. The molecule has 2 aliphatic rings. The lowest BCUT2D eigenvalue weighted by Gasteiger charge is -2.33. The average Bonchev–Trinajstić information content (AvgIpc) is 3.41. The summed E-state index contributed by atoms with van der Waals surface area (Å²) < 4.78 is 21.0. The Labute approximate surface area is 181 Å². The Hall–Kier alpha value is -3.41. The minimum absolute atomic E-state index is 0.181. The summed E-state index contributed by atoms with van der Waals surface area (Å²) in [5.41, 5.74) is 5.37. The molecule has 0 N–H and O–H groups in total. The van der Waals surface area contributed by atoms with E-state index in [-0.39, 0.29) is 11.9 Å². The SMILES string of the molecule is COc1cc(C=C2CCCN3C2=NCC3c2ccc(F)cc2)ccc1-n1cnc(C)c1. The molecule has 0 bridgehead atoms. The zero-order valence-electron chi connectivity index (χ0n) is 17.8. The van der Waals surface area contributed by atoms with E-state index in [9.17, 15) is 4.39 Å². The fourth-order valence-electron chi connectivity index (χ4n) is 4.47. The van der Waals surface area contributed by atoms with E-state index in [1.54, 1.807) is 13.4 Å². The van der Waals surface area contributed by atoms with Crippen LogP contribution in [0, 0.1) is 12.7 Å². The van der Waals surface area contributed by atoms with Crippen LogP contribution < -0.4 is 4.74 Å². The van der Waals surface area contributed by atoms with Crippen molar-refractivity contribution in [2.24, 2.45) is 4.99 Å². The van der Waals surface area contributed by atoms with Crippen molar-refractivity contribution in [3.63, 3.8) is 0 Å².